The van der Waals surface area contributed by atoms with Gasteiger partial charge in [0.05, 0.1) is 5.69 Å². The summed E-state index contributed by atoms with van der Waals surface area (Å²) < 4.78 is 54.7. The highest BCUT2D eigenvalue weighted by Crippen LogP contribution is 2.21. The maximum Gasteiger partial charge on any atom is 0.304 e. The van der Waals surface area contributed by atoms with Gasteiger partial charge in [0, 0.05) is 26.2 Å². The first-order chi connectivity index (χ1) is 16.1. The summed E-state index contributed by atoms with van der Waals surface area (Å²) in [7, 11) is -1.52. The lowest BCUT2D eigenvalue weighted by Crippen LogP contribution is -2.54. The Morgan fingerprint density at radius 1 is 0.943 bits per heavy atom. The molecule has 0 spiro atoms. The molecule has 11 heteroatoms. The molecule has 0 aromatic heterocycles. The maximum atomic E-state index is 13.5. The van der Waals surface area contributed by atoms with Gasteiger partial charge in [-0.05, 0) is 69.7 Å². The van der Waals surface area contributed by atoms with Crippen LogP contribution in [-0.4, -0.2) is 61.7 Å². The van der Waals surface area contributed by atoms with E-state index < -0.39 is 51.8 Å². The van der Waals surface area contributed by atoms with E-state index in [1.165, 1.54) is 62.3 Å². The second kappa shape index (κ2) is 11.1. The third-order valence-electron chi connectivity index (χ3n) is 5.07. The van der Waals surface area contributed by atoms with Crippen LogP contribution >= 0.6 is 0 Å². The van der Waals surface area contributed by atoms with Gasteiger partial charge in [0.15, 0.2) is 0 Å². The van der Waals surface area contributed by atoms with Crippen LogP contribution in [0, 0.1) is 11.6 Å². The van der Waals surface area contributed by atoms with Crippen LogP contribution in [0.15, 0.2) is 48.5 Å². The van der Waals surface area contributed by atoms with E-state index >= 15 is 0 Å². The van der Waals surface area contributed by atoms with Crippen LogP contribution in [0.2, 0.25) is 0 Å². The highest BCUT2D eigenvalue weighted by Gasteiger charge is 2.33. The standard InChI is InChI=1S/C24H32F2N4O4S/c1-17(23(32)27-24(2,3)4)29(15-18-7-9-19(25)10-8-18)22(31)16-30(35(33,34)28(5)6)21-13-11-20(26)12-14-21/h7-14,17H,15-16H2,1-6H3,(H,27,32). The first-order valence-corrected chi connectivity index (χ1v) is 12.3. The predicted molar refractivity (Wildman–Crippen MR) is 131 cm³/mol. The van der Waals surface area contributed by atoms with E-state index in [-0.39, 0.29) is 12.2 Å². The highest BCUT2D eigenvalue weighted by atomic mass is 32.2. The smallest absolute Gasteiger partial charge is 0.304 e. The number of hydrogen-bond acceptors (Lipinski definition) is 4. The first kappa shape index (κ1) is 28.2. The summed E-state index contributed by atoms with van der Waals surface area (Å²) in [4.78, 5) is 27.7. The van der Waals surface area contributed by atoms with Gasteiger partial charge in [-0.15, -0.1) is 0 Å². The molecular weight excluding hydrogens is 478 g/mol. The lowest BCUT2D eigenvalue weighted by molar-refractivity contribution is -0.140. The van der Waals surface area contributed by atoms with E-state index in [0.717, 1.165) is 20.7 Å². The molecular formula is C24H32F2N4O4S. The third kappa shape index (κ3) is 7.72. The number of rotatable bonds is 9. The molecule has 0 aliphatic rings. The van der Waals surface area contributed by atoms with E-state index in [4.69, 9.17) is 0 Å². The third-order valence-corrected chi connectivity index (χ3v) is 6.88. The average Bonchev–Trinajstić information content (AvgIpc) is 2.75. The fraction of sp³-hybridized carbons (Fsp3) is 0.417. The second-order valence-electron chi connectivity index (χ2n) is 9.34. The van der Waals surface area contributed by atoms with Gasteiger partial charge >= 0.3 is 10.2 Å². The van der Waals surface area contributed by atoms with Crippen molar-refractivity contribution < 1.29 is 26.8 Å². The first-order valence-electron chi connectivity index (χ1n) is 10.9. The Hall–Kier alpha value is -3.05. The van der Waals surface area contributed by atoms with Crippen molar-refractivity contribution in [3.63, 3.8) is 0 Å². The van der Waals surface area contributed by atoms with E-state index in [2.05, 4.69) is 5.32 Å². The number of benzene rings is 2. The Kier molecular flexibility index (Phi) is 8.96. The molecule has 1 N–H and O–H groups in total. The summed E-state index contributed by atoms with van der Waals surface area (Å²) in [6, 6.07) is 9.16. The monoisotopic (exact) mass is 510 g/mol. The van der Waals surface area contributed by atoms with Crippen LogP contribution in [0.3, 0.4) is 0 Å². The molecule has 0 saturated carbocycles. The van der Waals surface area contributed by atoms with Crippen molar-refractivity contribution in [3.8, 4) is 0 Å². The van der Waals surface area contributed by atoms with E-state index in [9.17, 15) is 26.8 Å². The zero-order valence-corrected chi connectivity index (χ0v) is 21.6. The van der Waals surface area contributed by atoms with Crippen LogP contribution < -0.4 is 9.62 Å². The van der Waals surface area contributed by atoms with Gasteiger partial charge in [0.2, 0.25) is 11.8 Å². The number of hydrogen-bond donors (Lipinski definition) is 1. The Bertz CT molecular complexity index is 1130. The molecule has 2 aromatic carbocycles. The fourth-order valence-corrected chi connectivity index (χ4v) is 4.22. The van der Waals surface area contributed by atoms with Crippen molar-refractivity contribution >= 4 is 27.7 Å². The molecule has 2 amide bonds. The lowest BCUT2D eigenvalue weighted by Gasteiger charge is -2.34. The number of halogens is 2. The Balaban J connectivity index is 2.45. The topological polar surface area (TPSA) is 90.0 Å². The van der Waals surface area contributed by atoms with Crippen molar-refractivity contribution in [3.05, 3.63) is 65.7 Å². The quantitative estimate of drug-likeness (QED) is 0.562. The molecule has 0 fully saturated rings. The van der Waals surface area contributed by atoms with Gasteiger partial charge < -0.3 is 10.2 Å². The second-order valence-corrected chi connectivity index (χ2v) is 11.4. The molecule has 35 heavy (non-hydrogen) atoms. The van der Waals surface area contributed by atoms with Crippen molar-refractivity contribution in [1.82, 2.24) is 14.5 Å². The number of nitrogens with zero attached hydrogens (tertiary/aromatic N) is 3. The molecule has 2 aromatic rings. The largest absolute Gasteiger partial charge is 0.350 e. The number of nitrogens with one attached hydrogen (secondary N) is 1. The van der Waals surface area contributed by atoms with E-state index in [1.54, 1.807) is 20.8 Å². The Morgan fingerprint density at radius 2 is 1.43 bits per heavy atom. The molecule has 192 valence electrons. The van der Waals surface area contributed by atoms with Crippen molar-refractivity contribution in [1.29, 1.82) is 0 Å². The fourth-order valence-electron chi connectivity index (χ4n) is 3.17. The summed E-state index contributed by atoms with van der Waals surface area (Å²) in [6.07, 6.45) is 0. The molecule has 1 unspecified atom stereocenters. The van der Waals surface area contributed by atoms with Crippen LogP contribution in [0.1, 0.15) is 33.3 Å². The van der Waals surface area contributed by atoms with Crippen molar-refractivity contribution in [2.45, 2.75) is 45.8 Å². The summed E-state index contributed by atoms with van der Waals surface area (Å²) in [5.74, 6) is -2.12. The van der Waals surface area contributed by atoms with E-state index in [0.29, 0.717) is 5.56 Å². The summed E-state index contributed by atoms with van der Waals surface area (Å²) in [5, 5.41) is 2.81. The lowest BCUT2D eigenvalue weighted by atomic mass is 10.1. The number of carbonyl (C=O) groups is 2. The van der Waals surface area contributed by atoms with E-state index in [1.807, 2.05) is 0 Å². The highest BCUT2D eigenvalue weighted by molar-refractivity contribution is 7.90. The molecule has 0 aliphatic carbocycles. The Labute approximate surface area is 205 Å². The molecule has 0 radical (unpaired) electrons. The summed E-state index contributed by atoms with van der Waals surface area (Å²) in [6.45, 7) is 6.22. The predicted octanol–water partition coefficient (Wildman–Crippen LogP) is 2.91. The van der Waals surface area contributed by atoms with Gasteiger partial charge in [0.1, 0.15) is 24.2 Å². The minimum absolute atomic E-state index is 0.0584. The van der Waals surface area contributed by atoms with Gasteiger partial charge in [-0.25, -0.2) is 13.1 Å². The van der Waals surface area contributed by atoms with Crippen LogP contribution in [0.5, 0.6) is 0 Å². The number of anilines is 1. The van der Waals surface area contributed by atoms with Crippen molar-refractivity contribution in [2.24, 2.45) is 0 Å². The summed E-state index contributed by atoms with van der Waals surface area (Å²) in [5.41, 5.74) is 0.0746. The average molecular weight is 511 g/mol. The molecule has 0 bridgehead atoms. The molecule has 0 saturated heterocycles. The van der Waals surface area contributed by atoms with Crippen LogP contribution in [0.25, 0.3) is 0 Å². The number of amides is 2. The number of carbonyl (C=O) groups excluding carboxylic acids is 2. The van der Waals surface area contributed by atoms with Crippen LogP contribution in [0.4, 0.5) is 14.5 Å². The summed E-state index contributed by atoms with van der Waals surface area (Å²) >= 11 is 0. The van der Waals surface area contributed by atoms with Gasteiger partial charge in [-0.2, -0.15) is 12.7 Å². The molecule has 0 heterocycles. The van der Waals surface area contributed by atoms with Gasteiger partial charge in [-0.3, -0.25) is 9.59 Å². The maximum absolute atomic E-state index is 13.5. The molecule has 1 atom stereocenters. The zero-order chi connectivity index (χ0) is 26.6. The van der Waals surface area contributed by atoms with Gasteiger partial charge in [0.25, 0.3) is 0 Å². The SMILES string of the molecule is CC(C(=O)NC(C)(C)C)N(Cc1ccc(F)cc1)C(=O)CN(c1ccc(F)cc1)S(=O)(=O)N(C)C. The van der Waals surface area contributed by atoms with Gasteiger partial charge in [-0.1, -0.05) is 12.1 Å². The Morgan fingerprint density at radius 3 is 1.89 bits per heavy atom. The minimum atomic E-state index is -4.14. The van der Waals surface area contributed by atoms with Crippen molar-refractivity contribution in [2.75, 3.05) is 24.9 Å². The minimum Gasteiger partial charge on any atom is -0.350 e. The molecule has 2 rings (SSSR count). The molecule has 8 nitrogen and oxygen atoms in total. The normalized spacial score (nSPS) is 12.8. The zero-order valence-electron chi connectivity index (χ0n) is 20.7. The van der Waals surface area contributed by atoms with Crippen LogP contribution in [-0.2, 0) is 26.3 Å². The molecule has 0 aliphatic heterocycles.